The van der Waals surface area contributed by atoms with E-state index in [9.17, 15) is 27.2 Å². The molecular weight excluding hydrogens is 543 g/mol. The van der Waals surface area contributed by atoms with Gasteiger partial charge in [-0.15, -0.1) is 23.2 Å². The molecule has 1 aliphatic carbocycles. The molecule has 3 aromatic rings. The van der Waals surface area contributed by atoms with Gasteiger partial charge in [-0.05, 0) is 60.2 Å². The lowest BCUT2D eigenvalue weighted by Gasteiger charge is -2.18. The predicted octanol–water partition coefficient (Wildman–Crippen LogP) is 7.30. The summed E-state index contributed by atoms with van der Waals surface area (Å²) in [5.41, 5.74) is 0.313. The minimum atomic E-state index is -4.49. The summed E-state index contributed by atoms with van der Waals surface area (Å²) in [6.45, 7) is 0. The number of nitrogens with one attached hydrogen (secondary N) is 1. The van der Waals surface area contributed by atoms with Gasteiger partial charge in [-0.2, -0.15) is 13.2 Å². The van der Waals surface area contributed by atoms with Gasteiger partial charge in [0.05, 0.1) is 22.1 Å². The second kappa shape index (κ2) is 9.57. The molecule has 1 saturated carbocycles. The zero-order valence-corrected chi connectivity index (χ0v) is 20.7. The summed E-state index contributed by atoms with van der Waals surface area (Å²) in [4.78, 5) is 27.2. The summed E-state index contributed by atoms with van der Waals surface area (Å²) in [6.07, 6.45) is -4.49. The first-order valence-electron chi connectivity index (χ1n) is 10.5. The van der Waals surface area contributed by atoms with Crippen molar-refractivity contribution in [3.05, 3.63) is 94.3 Å². The standard InChI is InChI=1S/C25H17Cl3F4N2O2/c1-34(17-9-6-15(29)7-10-17)23(36)18-12-16(8-11-19(18)26)33-22(35)21-20(24(21,27)28)13-2-4-14(5-3-13)25(30,31)32/h2-12,20-21H,1H3,(H,33,35)/t20-,21+/m0/s1. The van der Waals surface area contributed by atoms with E-state index in [1.165, 1.54) is 66.5 Å². The topological polar surface area (TPSA) is 49.4 Å². The molecule has 0 bridgehead atoms. The van der Waals surface area contributed by atoms with Crippen LogP contribution in [-0.4, -0.2) is 23.2 Å². The number of hydrogen-bond acceptors (Lipinski definition) is 2. The van der Waals surface area contributed by atoms with E-state index >= 15 is 0 Å². The van der Waals surface area contributed by atoms with E-state index < -0.39 is 45.5 Å². The van der Waals surface area contributed by atoms with Crippen molar-refractivity contribution in [3.63, 3.8) is 0 Å². The van der Waals surface area contributed by atoms with Gasteiger partial charge in [-0.3, -0.25) is 9.59 Å². The van der Waals surface area contributed by atoms with Gasteiger partial charge < -0.3 is 10.2 Å². The molecule has 3 aromatic carbocycles. The Kier molecular flexibility index (Phi) is 6.98. The summed E-state index contributed by atoms with van der Waals surface area (Å²) in [6, 6.07) is 13.9. The minimum Gasteiger partial charge on any atom is -0.326 e. The Morgan fingerprint density at radius 2 is 1.58 bits per heavy atom. The molecular formula is C25H17Cl3F4N2O2. The lowest BCUT2D eigenvalue weighted by Crippen LogP contribution is -2.26. The van der Waals surface area contributed by atoms with E-state index in [0.717, 1.165) is 12.1 Å². The van der Waals surface area contributed by atoms with Crippen molar-refractivity contribution in [2.45, 2.75) is 16.4 Å². The van der Waals surface area contributed by atoms with Crippen molar-refractivity contribution in [2.75, 3.05) is 17.3 Å². The fourth-order valence-electron chi connectivity index (χ4n) is 3.90. The Balaban J connectivity index is 1.50. The van der Waals surface area contributed by atoms with Gasteiger partial charge >= 0.3 is 6.18 Å². The third-order valence-electron chi connectivity index (χ3n) is 5.92. The molecule has 11 heteroatoms. The quantitative estimate of drug-likeness (QED) is 0.263. The number of nitrogens with zero attached hydrogens (tertiary/aromatic N) is 1. The Bertz CT molecular complexity index is 1310. The van der Waals surface area contributed by atoms with E-state index in [1.54, 1.807) is 0 Å². The fourth-order valence-corrected chi connectivity index (χ4v) is 4.92. The first kappa shape index (κ1) is 26.3. The average Bonchev–Trinajstić information content (AvgIpc) is 3.41. The van der Waals surface area contributed by atoms with Gasteiger partial charge in [0, 0.05) is 24.3 Å². The number of alkyl halides is 5. The van der Waals surface area contributed by atoms with Gasteiger partial charge in [0.25, 0.3) is 5.91 Å². The first-order valence-corrected chi connectivity index (χ1v) is 11.6. The van der Waals surface area contributed by atoms with Crippen LogP contribution < -0.4 is 10.2 Å². The summed E-state index contributed by atoms with van der Waals surface area (Å²) >= 11 is 18.8. The highest BCUT2D eigenvalue weighted by atomic mass is 35.5. The van der Waals surface area contributed by atoms with Gasteiger partial charge in [0.2, 0.25) is 5.91 Å². The monoisotopic (exact) mass is 558 g/mol. The molecule has 188 valence electrons. The summed E-state index contributed by atoms with van der Waals surface area (Å²) < 4.78 is 50.2. The van der Waals surface area contributed by atoms with Crippen LogP contribution in [0.15, 0.2) is 66.7 Å². The maximum Gasteiger partial charge on any atom is 0.416 e. The number of hydrogen-bond donors (Lipinski definition) is 1. The molecule has 4 rings (SSSR count). The van der Waals surface area contributed by atoms with Crippen LogP contribution in [0.4, 0.5) is 28.9 Å². The van der Waals surface area contributed by atoms with Gasteiger partial charge in [0.1, 0.15) is 10.2 Å². The first-order chi connectivity index (χ1) is 16.8. The van der Waals surface area contributed by atoms with Gasteiger partial charge in [-0.25, -0.2) is 4.39 Å². The van der Waals surface area contributed by atoms with Crippen LogP contribution in [-0.2, 0) is 11.0 Å². The average molecular weight is 560 g/mol. The van der Waals surface area contributed by atoms with Crippen molar-refractivity contribution in [3.8, 4) is 0 Å². The molecule has 2 amide bonds. The third kappa shape index (κ3) is 5.16. The summed E-state index contributed by atoms with van der Waals surface area (Å²) in [7, 11) is 1.49. The van der Waals surface area contributed by atoms with Crippen LogP contribution >= 0.6 is 34.8 Å². The maximum absolute atomic E-state index is 13.2. The van der Waals surface area contributed by atoms with E-state index in [4.69, 9.17) is 34.8 Å². The van der Waals surface area contributed by atoms with Crippen molar-refractivity contribution in [1.82, 2.24) is 0 Å². The van der Waals surface area contributed by atoms with Crippen LogP contribution in [0.5, 0.6) is 0 Å². The van der Waals surface area contributed by atoms with E-state index in [2.05, 4.69) is 5.32 Å². The Morgan fingerprint density at radius 1 is 0.972 bits per heavy atom. The largest absolute Gasteiger partial charge is 0.416 e. The van der Waals surface area contributed by atoms with Crippen LogP contribution in [0.3, 0.4) is 0 Å². The molecule has 0 heterocycles. The normalized spacial score (nSPS) is 18.4. The Morgan fingerprint density at radius 3 is 2.17 bits per heavy atom. The molecule has 0 aliphatic heterocycles. The van der Waals surface area contributed by atoms with Crippen molar-refractivity contribution in [1.29, 1.82) is 0 Å². The fraction of sp³-hybridized carbons (Fsp3) is 0.200. The predicted molar refractivity (Wildman–Crippen MR) is 131 cm³/mol. The summed E-state index contributed by atoms with van der Waals surface area (Å²) in [5.74, 6) is -3.18. The highest BCUT2D eigenvalue weighted by molar-refractivity contribution is 6.53. The SMILES string of the molecule is CN(C(=O)c1cc(NC(=O)[C@H]2[C@H](c3ccc(C(F)(F)F)cc3)C2(Cl)Cl)ccc1Cl)c1ccc(F)cc1. The molecule has 1 N–H and O–H groups in total. The van der Waals surface area contributed by atoms with Crippen LogP contribution in [0.25, 0.3) is 0 Å². The maximum atomic E-state index is 13.2. The zero-order valence-electron chi connectivity index (χ0n) is 18.4. The second-order valence-electron chi connectivity index (χ2n) is 8.27. The Hall–Kier alpha value is -2.81. The smallest absolute Gasteiger partial charge is 0.326 e. The number of anilines is 2. The molecule has 0 saturated heterocycles. The molecule has 0 radical (unpaired) electrons. The number of benzene rings is 3. The van der Waals surface area contributed by atoms with E-state index in [0.29, 0.717) is 11.3 Å². The molecule has 0 spiro atoms. The molecule has 1 fully saturated rings. The molecule has 4 nitrogen and oxygen atoms in total. The number of amides is 2. The minimum absolute atomic E-state index is 0.0828. The van der Waals surface area contributed by atoms with Gasteiger partial charge in [-0.1, -0.05) is 23.7 Å². The lowest BCUT2D eigenvalue weighted by atomic mass is 10.1. The van der Waals surface area contributed by atoms with Gasteiger partial charge in [0.15, 0.2) is 0 Å². The number of carbonyl (C=O) groups is 2. The second-order valence-corrected chi connectivity index (χ2v) is 10.1. The van der Waals surface area contributed by atoms with Crippen LogP contribution in [0.1, 0.15) is 27.4 Å². The summed E-state index contributed by atoms with van der Waals surface area (Å²) in [5, 5.41) is 2.77. The third-order valence-corrected chi connectivity index (χ3v) is 7.19. The van der Waals surface area contributed by atoms with Crippen LogP contribution in [0.2, 0.25) is 5.02 Å². The zero-order chi connectivity index (χ0) is 26.4. The molecule has 36 heavy (non-hydrogen) atoms. The highest BCUT2D eigenvalue weighted by Gasteiger charge is 2.67. The number of carbonyl (C=O) groups excluding carboxylic acids is 2. The number of rotatable bonds is 5. The van der Waals surface area contributed by atoms with E-state index in [-0.39, 0.29) is 16.3 Å². The molecule has 0 aromatic heterocycles. The highest BCUT2D eigenvalue weighted by Crippen LogP contribution is 2.65. The molecule has 0 unspecified atom stereocenters. The number of halogens is 7. The van der Waals surface area contributed by atoms with Crippen molar-refractivity contribution >= 4 is 58.0 Å². The van der Waals surface area contributed by atoms with E-state index in [1.807, 2.05) is 0 Å². The van der Waals surface area contributed by atoms with Crippen molar-refractivity contribution < 1.29 is 27.2 Å². The van der Waals surface area contributed by atoms with Crippen LogP contribution in [0, 0.1) is 11.7 Å². The Labute approximate surface area is 218 Å². The molecule has 1 aliphatic rings. The van der Waals surface area contributed by atoms with Crippen molar-refractivity contribution in [2.24, 2.45) is 5.92 Å². The molecule has 2 atom stereocenters. The lowest BCUT2D eigenvalue weighted by molar-refractivity contribution is -0.137.